The molecule has 2 unspecified atom stereocenters. The van der Waals surface area contributed by atoms with Gasteiger partial charge in [-0.1, -0.05) is 28.8 Å². The van der Waals surface area contributed by atoms with E-state index < -0.39 is 0 Å². The van der Waals surface area contributed by atoms with Gasteiger partial charge in [0, 0.05) is 22.6 Å². The van der Waals surface area contributed by atoms with Crippen LogP contribution in [0.4, 0.5) is 4.39 Å². The van der Waals surface area contributed by atoms with Gasteiger partial charge in [0.1, 0.15) is 5.82 Å². The van der Waals surface area contributed by atoms with Gasteiger partial charge in [-0.2, -0.15) is 0 Å². The van der Waals surface area contributed by atoms with Gasteiger partial charge >= 0.3 is 0 Å². The molecule has 1 aromatic carbocycles. The topological polar surface area (TPSA) is 29.3 Å². The van der Waals surface area contributed by atoms with Gasteiger partial charge in [0.2, 0.25) is 0 Å². The maximum atomic E-state index is 14.3. The first-order chi connectivity index (χ1) is 10.2. The lowest BCUT2D eigenvalue weighted by atomic mass is 9.94. The summed E-state index contributed by atoms with van der Waals surface area (Å²) in [7, 11) is 0. The smallest absolute Gasteiger partial charge is 0.128 e. The van der Waals surface area contributed by atoms with E-state index in [1.165, 1.54) is 38.5 Å². The Kier molecular flexibility index (Phi) is 4.97. The lowest BCUT2D eigenvalue weighted by molar-refractivity contribution is 0.136. The highest BCUT2D eigenvalue weighted by Crippen LogP contribution is 2.39. The molecule has 21 heavy (non-hydrogen) atoms. The number of rotatable bonds is 4. The Morgan fingerprint density at radius 1 is 1.24 bits per heavy atom. The van der Waals surface area contributed by atoms with Gasteiger partial charge in [0.15, 0.2) is 0 Å². The number of benzene rings is 1. The van der Waals surface area contributed by atoms with Crippen LogP contribution in [0.25, 0.3) is 0 Å². The van der Waals surface area contributed by atoms with E-state index in [4.69, 9.17) is 5.73 Å². The van der Waals surface area contributed by atoms with Crippen LogP contribution in [0.3, 0.4) is 0 Å². The summed E-state index contributed by atoms with van der Waals surface area (Å²) in [5.41, 5.74) is 6.79. The average molecular weight is 355 g/mol. The second-order valence-corrected chi connectivity index (χ2v) is 7.32. The summed E-state index contributed by atoms with van der Waals surface area (Å²) >= 11 is 3.46. The van der Waals surface area contributed by atoms with E-state index in [0.29, 0.717) is 12.6 Å². The average Bonchev–Trinajstić information content (AvgIpc) is 3.14. The van der Waals surface area contributed by atoms with Crippen molar-refractivity contribution in [3.8, 4) is 0 Å². The maximum Gasteiger partial charge on any atom is 0.128 e. The third-order valence-corrected chi connectivity index (χ3v) is 5.72. The molecule has 2 N–H and O–H groups in total. The van der Waals surface area contributed by atoms with Crippen LogP contribution in [-0.2, 0) is 0 Å². The molecule has 1 aliphatic heterocycles. The summed E-state index contributed by atoms with van der Waals surface area (Å²) in [6, 6.07) is 5.81. The Morgan fingerprint density at radius 3 is 2.71 bits per heavy atom. The molecule has 1 aromatic rings. The summed E-state index contributed by atoms with van der Waals surface area (Å²) in [6.45, 7) is 1.53. The Morgan fingerprint density at radius 2 is 2.00 bits per heavy atom. The summed E-state index contributed by atoms with van der Waals surface area (Å²) in [5.74, 6) is 0.655. The third kappa shape index (κ3) is 3.17. The third-order valence-electron chi connectivity index (χ3n) is 5.23. The first kappa shape index (κ1) is 15.4. The van der Waals surface area contributed by atoms with Crippen LogP contribution < -0.4 is 5.73 Å². The molecule has 1 aliphatic carbocycles. The van der Waals surface area contributed by atoms with Gasteiger partial charge in [-0.25, -0.2) is 4.39 Å². The summed E-state index contributed by atoms with van der Waals surface area (Å²) in [5, 5.41) is 0. The molecular weight excluding hydrogens is 331 g/mol. The van der Waals surface area contributed by atoms with Crippen LogP contribution in [0.5, 0.6) is 0 Å². The highest BCUT2D eigenvalue weighted by atomic mass is 79.9. The predicted molar refractivity (Wildman–Crippen MR) is 87.6 cm³/mol. The molecule has 3 rings (SSSR count). The van der Waals surface area contributed by atoms with Crippen molar-refractivity contribution >= 4 is 15.9 Å². The van der Waals surface area contributed by atoms with Gasteiger partial charge in [-0.3, -0.25) is 4.90 Å². The van der Waals surface area contributed by atoms with Crippen LogP contribution in [0, 0.1) is 11.7 Å². The lowest BCUT2D eigenvalue weighted by Crippen LogP contribution is -2.41. The minimum atomic E-state index is -0.134. The number of halogens is 2. The van der Waals surface area contributed by atoms with Crippen molar-refractivity contribution in [1.82, 2.24) is 4.90 Å². The monoisotopic (exact) mass is 354 g/mol. The molecule has 1 heterocycles. The Balaban J connectivity index is 1.86. The molecule has 4 heteroatoms. The molecule has 2 atom stereocenters. The number of nitrogens with two attached hydrogens (primary N) is 1. The second-order valence-electron chi connectivity index (χ2n) is 6.41. The molecule has 0 aromatic heterocycles. The zero-order chi connectivity index (χ0) is 14.8. The predicted octanol–water partition coefficient (Wildman–Crippen LogP) is 4.24. The van der Waals surface area contributed by atoms with E-state index in [9.17, 15) is 4.39 Å². The van der Waals surface area contributed by atoms with Crippen molar-refractivity contribution in [2.75, 3.05) is 13.1 Å². The van der Waals surface area contributed by atoms with Gasteiger partial charge < -0.3 is 5.73 Å². The Bertz CT molecular complexity index is 488. The normalized spacial score (nSPS) is 25.6. The fraction of sp³-hybridized carbons (Fsp3) is 0.647. The van der Waals surface area contributed by atoms with Crippen molar-refractivity contribution in [1.29, 1.82) is 0 Å². The molecular formula is C17H24BrFN2. The van der Waals surface area contributed by atoms with E-state index in [-0.39, 0.29) is 11.9 Å². The molecule has 0 bridgehead atoms. The maximum absolute atomic E-state index is 14.3. The fourth-order valence-electron chi connectivity index (χ4n) is 4.26. The summed E-state index contributed by atoms with van der Waals surface area (Å²) in [6.07, 6.45) is 7.84. The minimum Gasteiger partial charge on any atom is -0.329 e. The molecule has 116 valence electrons. The SMILES string of the molecule is NCC(c1cc(Br)ccc1F)N1CCCC1C1CCCC1. The van der Waals surface area contributed by atoms with Gasteiger partial charge in [0.05, 0.1) is 6.04 Å². The molecule has 1 saturated carbocycles. The first-order valence-corrected chi connectivity index (χ1v) is 8.90. The summed E-state index contributed by atoms with van der Waals surface area (Å²) < 4.78 is 15.2. The van der Waals surface area contributed by atoms with Crippen LogP contribution in [0.15, 0.2) is 22.7 Å². The van der Waals surface area contributed by atoms with Crippen LogP contribution >= 0.6 is 15.9 Å². The first-order valence-electron chi connectivity index (χ1n) is 8.11. The number of hydrogen-bond acceptors (Lipinski definition) is 2. The molecule has 0 radical (unpaired) electrons. The van der Waals surface area contributed by atoms with Crippen LogP contribution in [0.2, 0.25) is 0 Å². The Hall–Kier alpha value is -0.450. The fourth-order valence-corrected chi connectivity index (χ4v) is 4.64. The van der Waals surface area contributed by atoms with E-state index >= 15 is 0 Å². The van der Waals surface area contributed by atoms with Gasteiger partial charge in [-0.15, -0.1) is 0 Å². The molecule has 0 amide bonds. The van der Waals surface area contributed by atoms with Crippen LogP contribution in [0.1, 0.15) is 50.1 Å². The molecule has 2 aliphatic rings. The molecule has 2 fully saturated rings. The van der Waals surface area contributed by atoms with E-state index in [1.807, 2.05) is 6.07 Å². The number of likely N-dealkylation sites (tertiary alicyclic amines) is 1. The highest BCUT2D eigenvalue weighted by molar-refractivity contribution is 9.10. The standard InChI is InChI=1S/C17H24BrFN2/c18-13-7-8-15(19)14(10-13)17(11-20)21-9-3-6-16(21)12-4-1-2-5-12/h7-8,10,12,16-17H,1-6,9,11,20H2. The minimum absolute atomic E-state index is 0.00981. The summed E-state index contributed by atoms with van der Waals surface area (Å²) in [4.78, 5) is 2.49. The largest absolute Gasteiger partial charge is 0.329 e. The Labute approximate surface area is 135 Å². The zero-order valence-corrected chi connectivity index (χ0v) is 14.0. The van der Waals surface area contributed by atoms with Crippen LogP contribution in [-0.4, -0.2) is 24.0 Å². The van der Waals surface area contributed by atoms with Crippen molar-refractivity contribution in [2.45, 2.75) is 50.6 Å². The molecule has 1 saturated heterocycles. The van der Waals surface area contributed by atoms with Crippen molar-refractivity contribution < 1.29 is 4.39 Å². The highest BCUT2D eigenvalue weighted by Gasteiger charge is 2.37. The number of hydrogen-bond donors (Lipinski definition) is 1. The van der Waals surface area contributed by atoms with Crippen molar-refractivity contribution in [3.05, 3.63) is 34.1 Å². The molecule has 2 nitrogen and oxygen atoms in total. The van der Waals surface area contributed by atoms with E-state index in [0.717, 1.165) is 22.5 Å². The van der Waals surface area contributed by atoms with Gasteiger partial charge in [0.25, 0.3) is 0 Å². The second kappa shape index (κ2) is 6.76. The van der Waals surface area contributed by atoms with Crippen molar-refractivity contribution in [3.63, 3.8) is 0 Å². The quantitative estimate of drug-likeness (QED) is 0.875. The molecule has 0 spiro atoms. The van der Waals surface area contributed by atoms with Gasteiger partial charge in [-0.05, 0) is 56.3 Å². The van der Waals surface area contributed by atoms with E-state index in [1.54, 1.807) is 12.1 Å². The lowest BCUT2D eigenvalue weighted by Gasteiger charge is -2.36. The number of nitrogens with zero attached hydrogens (tertiary/aromatic N) is 1. The van der Waals surface area contributed by atoms with Crippen molar-refractivity contribution in [2.24, 2.45) is 11.7 Å². The zero-order valence-electron chi connectivity index (χ0n) is 12.4. The van der Waals surface area contributed by atoms with E-state index in [2.05, 4.69) is 20.8 Å².